The SMILES string of the molecule is Cc1cc(N)c2nc1OC(Cc1cccc(C(C)(C)C)c1)CCCCC[C@](O)(C(F)(F)F)c1nnc-2o1. The zero-order chi connectivity index (χ0) is 27.0. The number of ether oxygens (including phenoxy) is 1. The Hall–Kier alpha value is -3.14. The summed E-state index contributed by atoms with van der Waals surface area (Å²) in [5.41, 5.74) is 5.98. The number of aliphatic hydroxyl groups is 1. The predicted octanol–water partition coefficient (Wildman–Crippen LogP) is 6.02. The second-order valence-electron chi connectivity index (χ2n) is 10.8. The first kappa shape index (κ1) is 26.9. The molecular formula is C27H33F3N4O3. The number of hydrogen-bond donors (Lipinski definition) is 2. The van der Waals surface area contributed by atoms with E-state index in [1.165, 1.54) is 5.56 Å². The van der Waals surface area contributed by atoms with Crippen molar-refractivity contribution < 1.29 is 27.4 Å². The zero-order valence-corrected chi connectivity index (χ0v) is 21.5. The number of hydrogen-bond acceptors (Lipinski definition) is 7. The Balaban J connectivity index is 1.71. The second-order valence-corrected chi connectivity index (χ2v) is 10.8. The van der Waals surface area contributed by atoms with Gasteiger partial charge in [-0.15, -0.1) is 10.2 Å². The van der Waals surface area contributed by atoms with Gasteiger partial charge in [0.15, 0.2) is 5.69 Å². The molecule has 3 aromatic rings. The molecule has 0 aliphatic carbocycles. The van der Waals surface area contributed by atoms with E-state index in [0.717, 1.165) is 5.56 Å². The number of aryl methyl sites for hydroxylation is 1. The van der Waals surface area contributed by atoms with Crippen LogP contribution in [0.1, 0.15) is 75.5 Å². The van der Waals surface area contributed by atoms with Gasteiger partial charge < -0.3 is 20.0 Å². The van der Waals surface area contributed by atoms with Gasteiger partial charge in [0.1, 0.15) is 6.10 Å². The van der Waals surface area contributed by atoms with Gasteiger partial charge in [-0.3, -0.25) is 0 Å². The number of fused-ring (bicyclic) bond motifs is 5. The Bertz CT molecular complexity index is 1250. The van der Waals surface area contributed by atoms with Gasteiger partial charge in [-0.05, 0) is 55.2 Å². The van der Waals surface area contributed by atoms with E-state index >= 15 is 0 Å². The highest BCUT2D eigenvalue weighted by Gasteiger charge is 2.58. The van der Waals surface area contributed by atoms with Gasteiger partial charge in [-0.1, -0.05) is 51.5 Å². The maximum atomic E-state index is 13.9. The van der Waals surface area contributed by atoms with E-state index in [0.29, 0.717) is 37.1 Å². The lowest BCUT2D eigenvalue weighted by Crippen LogP contribution is -2.42. The van der Waals surface area contributed by atoms with E-state index in [-0.39, 0.29) is 35.2 Å². The van der Waals surface area contributed by atoms with Crippen LogP contribution in [-0.2, 0) is 17.4 Å². The Morgan fingerprint density at radius 1 is 1.11 bits per heavy atom. The van der Waals surface area contributed by atoms with Crippen molar-refractivity contribution in [3.8, 4) is 17.5 Å². The van der Waals surface area contributed by atoms with Gasteiger partial charge in [0, 0.05) is 12.0 Å². The van der Waals surface area contributed by atoms with Crippen molar-refractivity contribution in [3.63, 3.8) is 0 Å². The molecule has 1 aliphatic heterocycles. The Morgan fingerprint density at radius 2 is 1.86 bits per heavy atom. The summed E-state index contributed by atoms with van der Waals surface area (Å²) in [6.07, 6.45) is -3.49. The molecule has 0 fully saturated rings. The highest BCUT2D eigenvalue weighted by molar-refractivity contribution is 5.67. The summed E-state index contributed by atoms with van der Waals surface area (Å²) < 4.78 is 53.4. The number of halogens is 3. The maximum absolute atomic E-state index is 13.9. The normalized spacial score (nSPS) is 21.2. The van der Waals surface area contributed by atoms with E-state index in [2.05, 4.69) is 48.1 Å². The fraction of sp³-hybridized carbons (Fsp3) is 0.519. The predicted molar refractivity (Wildman–Crippen MR) is 133 cm³/mol. The molecule has 2 atom stereocenters. The maximum Gasteiger partial charge on any atom is 0.426 e. The highest BCUT2D eigenvalue weighted by atomic mass is 19.4. The summed E-state index contributed by atoms with van der Waals surface area (Å²) in [6, 6.07) is 9.93. The number of alkyl halides is 3. The number of nitrogens with zero attached hydrogens (tertiary/aromatic N) is 3. The molecule has 0 spiro atoms. The van der Waals surface area contributed by atoms with Gasteiger partial charge >= 0.3 is 6.18 Å². The van der Waals surface area contributed by atoms with E-state index < -0.39 is 24.1 Å². The molecule has 0 saturated carbocycles. The van der Waals surface area contributed by atoms with Crippen LogP contribution >= 0.6 is 0 Å². The summed E-state index contributed by atoms with van der Waals surface area (Å²) >= 11 is 0. The fourth-order valence-corrected chi connectivity index (χ4v) is 4.48. The van der Waals surface area contributed by atoms with Crippen molar-refractivity contribution in [2.45, 2.75) is 89.5 Å². The molecule has 3 N–H and O–H groups in total. The van der Waals surface area contributed by atoms with Crippen molar-refractivity contribution in [1.82, 2.24) is 15.2 Å². The molecule has 3 heterocycles. The van der Waals surface area contributed by atoms with Gasteiger partial charge in [0.05, 0.1) is 5.69 Å². The van der Waals surface area contributed by atoms with E-state index in [9.17, 15) is 18.3 Å². The van der Waals surface area contributed by atoms with Crippen LogP contribution in [0.5, 0.6) is 5.88 Å². The van der Waals surface area contributed by atoms with Crippen LogP contribution in [0.15, 0.2) is 34.7 Å². The number of aromatic nitrogens is 3. The first-order valence-electron chi connectivity index (χ1n) is 12.4. The molecule has 1 unspecified atom stereocenters. The number of nitrogen functional groups attached to an aromatic ring is 1. The zero-order valence-electron chi connectivity index (χ0n) is 21.5. The molecular weight excluding hydrogens is 485 g/mol. The van der Waals surface area contributed by atoms with Crippen molar-refractivity contribution in [2.24, 2.45) is 0 Å². The molecule has 4 bridgehead atoms. The molecule has 4 rings (SSSR count). The standard InChI is InChI=1S/C27H33F3N4O3/c1-16-13-20(31)21-23-33-34-24(37-23)26(35,27(28,29)30)12-7-5-6-11-19(36-22(16)32-21)15-17-9-8-10-18(14-17)25(2,3)4/h8-10,13-14,19,35H,5-7,11-12,15,31H2,1-4H3/t19?,26-/m1/s1. The number of anilines is 1. The topological polar surface area (TPSA) is 107 Å². The van der Waals surface area contributed by atoms with Crippen LogP contribution in [0.4, 0.5) is 18.9 Å². The van der Waals surface area contributed by atoms with Crippen LogP contribution in [0, 0.1) is 6.92 Å². The minimum absolute atomic E-state index is 0.00872. The van der Waals surface area contributed by atoms with Gasteiger partial charge in [-0.2, -0.15) is 13.2 Å². The summed E-state index contributed by atoms with van der Waals surface area (Å²) in [5, 5.41) is 17.8. The molecule has 2 aromatic heterocycles. The van der Waals surface area contributed by atoms with E-state index in [1.54, 1.807) is 13.0 Å². The molecule has 0 saturated heterocycles. The average molecular weight is 519 g/mol. The number of nitrogens with two attached hydrogens (primary N) is 1. The van der Waals surface area contributed by atoms with Crippen molar-refractivity contribution in [2.75, 3.05) is 5.73 Å². The van der Waals surface area contributed by atoms with Gasteiger partial charge in [0.25, 0.3) is 11.8 Å². The fourth-order valence-electron chi connectivity index (χ4n) is 4.48. The third-order valence-electron chi connectivity index (χ3n) is 6.75. The van der Waals surface area contributed by atoms with Crippen LogP contribution in [-0.4, -0.2) is 32.6 Å². The lowest BCUT2D eigenvalue weighted by molar-refractivity contribution is -0.277. The molecule has 0 amide bonds. The molecule has 1 aliphatic rings. The largest absolute Gasteiger partial charge is 0.474 e. The minimum Gasteiger partial charge on any atom is -0.474 e. The van der Waals surface area contributed by atoms with Crippen LogP contribution in [0.2, 0.25) is 0 Å². The monoisotopic (exact) mass is 518 g/mol. The smallest absolute Gasteiger partial charge is 0.426 e. The Morgan fingerprint density at radius 3 is 2.57 bits per heavy atom. The number of rotatable bonds is 2. The average Bonchev–Trinajstić information content (AvgIpc) is 3.29. The minimum atomic E-state index is -4.99. The quantitative estimate of drug-likeness (QED) is 0.427. The van der Waals surface area contributed by atoms with Crippen LogP contribution in [0.3, 0.4) is 0 Å². The first-order valence-corrected chi connectivity index (χ1v) is 12.4. The second kappa shape index (κ2) is 9.96. The highest BCUT2D eigenvalue weighted by Crippen LogP contribution is 2.43. The van der Waals surface area contributed by atoms with Gasteiger partial charge in [0.2, 0.25) is 11.5 Å². The lowest BCUT2D eigenvalue weighted by atomic mass is 9.85. The molecule has 0 radical (unpaired) electrons. The summed E-state index contributed by atoms with van der Waals surface area (Å²) in [6.45, 7) is 8.25. The number of pyridine rings is 1. The first-order chi connectivity index (χ1) is 17.3. The summed E-state index contributed by atoms with van der Waals surface area (Å²) in [4.78, 5) is 4.46. The Kier molecular flexibility index (Phi) is 7.25. The summed E-state index contributed by atoms with van der Waals surface area (Å²) in [7, 11) is 0. The third kappa shape index (κ3) is 5.74. The summed E-state index contributed by atoms with van der Waals surface area (Å²) in [5.74, 6) is -0.941. The van der Waals surface area contributed by atoms with E-state index in [1.807, 2.05) is 12.1 Å². The van der Waals surface area contributed by atoms with E-state index in [4.69, 9.17) is 14.9 Å². The molecule has 1 aromatic carbocycles. The van der Waals surface area contributed by atoms with Crippen LogP contribution in [0.25, 0.3) is 11.6 Å². The molecule has 7 nitrogen and oxygen atoms in total. The third-order valence-corrected chi connectivity index (χ3v) is 6.75. The van der Waals surface area contributed by atoms with Crippen molar-refractivity contribution >= 4 is 5.69 Å². The lowest BCUT2D eigenvalue weighted by Gasteiger charge is -2.27. The molecule has 37 heavy (non-hydrogen) atoms. The van der Waals surface area contributed by atoms with Gasteiger partial charge in [-0.25, -0.2) is 4.98 Å². The number of benzene rings is 1. The molecule has 10 heteroatoms. The van der Waals surface area contributed by atoms with Crippen LogP contribution < -0.4 is 10.5 Å². The Labute approximate surface area is 214 Å². The van der Waals surface area contributed by atoms with Crippen molar-refractivity contribution in [3.05, 3.63) is 52.9 Å². The molecule has 200 valence electrons. The van der Waals surface area contributed by atoms with Crippen molar-refractivity contribution in [1.29, 1.82) is 0 Å².